The molecule has 2 aliphatic heterocycles. The predicted octanol–water partition coefficient (Wildman–Crippen LogP) is 3.15. The quantitative estimate of drug-likeness (QED) is 0.568. The van der Waals surface area contributed by atoms with Gasteiger partial charge >= 0.3 is 0 Å². The summed E-state index contributed by atoms with van der Waals surface area (Å²) in [4.78, 5) is 25.7. The SMILES string of the molecule is CCNC(=NCC1CCCN(C)C1c1cccs1)N1CCN(C(=O)c2ccco2)CC1. The van der Waals surface area contributed by atoms with E-state index in [4.69, 9.17) is 9.41 Å². The third-order valence-electron chi connectivity index (χ3n) is 6.25. The van der Waals surface area contributed by atoms with Crippen LogP contribution in [0.2, 0.25) is 0 Å². The molecule has 8 heteroatoms. The standard InChI is InChI=1S/C23H33N5O2S/c1-3-24-23(28-13-11-27(12-14-28)22(29)19-8-5-15-30-19)25-17-18-7-4-10-26(2)21(18)20-9-6-16-31-20/h5-6,8-9,15-16,18,21H,3-4,7,10-14,17H2,1-2H3,(H,24,25). The third kappa shape index (κ3) is 5.13. The van der Waals surface area contributed by atoms with Crippen molar-refractivity contribution in [3.8, 4) is 0 Å². The molecule has 4 heterocycles. The number of likely N-dealkylation sites (tertiary alicyclic amines) is 1. The fourth-order valence-electron chi connectivity index (χ4n) is 4.67. The van der Waals surface area contributed by atoms with Crippen LogP contribution in [0.25, 0.3) is 0 Å². The molecule has 2 unspecified atom stereocenters. The minimum absolute atomic E-state index is 0.0318. The maximum Gasteiger partial charge on any atom is 0.289 e. The summed E-state index contributed by atoms with van der Waals surface area (Å²) in [6.45, 7) is 7.81. The smallest absolute Gasteiger partial charge is 0.289 e. The van der Waals surface area contributed by atoms with E-state index in [1.165, 1.54) is 17.7 Å². The Labute approximate surface area is 188 Å². The summed E-state index contributed by atoms with van der Waals surface area (Å²) in [5.41, 5.74) is 0. The highest BCUT2D eigenvalue weighted by atomic mass is 32.1. The number of piperidine rings is 1. The highest BCUT2D eigenvalue weighted by Gasteiger charge is 2.31. The van der Waals surface area contributed by atoms with Gasteiger partial charge < -0.3 is 19.5 Å². The molecule has 4 rings (SSSR count). The number of aliphatic imine (C=N–C) groups is 1. The molecule has 0 aliphatic carbocycles. The Hall–Kier alpha value is -2.32. The van der Waals surface area contributed by atoms with Gasteiger partial charge in [0.2, 0.25) is 0 Å². The summed E-state index contributed by atoms with van der Waals surface area (Å²) in [5.74, 6) is 1.87. The Morgan fingerprint density at radius 1 is 1.19 bits per heavy atom. The number of guanidine groups is 1. The maximum absolute atomic E-state index is 12.5. The van der Waals surface area contributed by atoms with Crippen molar-refractivity contribution in [1.82, 2.24) is 20.0 Å². The number of hydrogen-bond donors (Lipinski definition) is 1. The average molecular weight is 444 g/mol. The Morgan fingerprint density at radius 2 is 2.00 bits per heavy atom. The highest BCUT2D eigenvalue weighted by Crippen LogP contribution is 2.37. The van der Waals surface area contributed by atoms with Crippen LogP contribution in [0.4, 0.5) is 0 Å². The van der Waals surface area contributed by atoms with Gasteiger partial charge in [-0.25, -0.2) is 0 Å². The van der Waals surface area contributed by atoms with Crippen molar-refractivity contribution >= 4 is 23.2 Å². The van der Waals surface area contributed by atoms with E-state index >= 15 is 0 Å². The third-order valence-corrected chi connectivity index (χ3v) is 7.19. The van der Waals surface area contributed by atoms with Crippen molar-refractivity contribution in [3.63, 3.8) is 0 Å². The van der Waals surface area contributed by atoms with Crippen LogP contribution < -0.4 is 5.32 Å². The number of carbonyl (C=O) groups is 1. The Bertz CT molecular complexity index is 843. The summed E-state index contributed by atoms with van der Waals surface area (Å²) >= 11 is 1.85. The first-order valence-electron chi connectivity index (χ1n) is 11.3. The molecular weight excluding hydrogens is 410 g/mol. The number of piperazine rings is 1. The average Bonchev–Trinajstić information content (AvgIpc) is 3.51. The van der Waals surface area contributed by atoms with Crippen LogP contribution in [0, 0.1) is 5.92 Å². The lowest BCUT2D eigenvalue weighted by Crippen LogP contribution is -2.54. The van der Waals surface area contributed by atoms with Gasteiger partial charge in [-0.3, -0.25) is 14.7 Å². The van der Waals surface area contributed by atoms with Crippen LogP contribution in [0.15, 0.2) is 45.3 Å². The Morgan fingerprint density at radius 3 is 2.68 bits per heavy atom. The normalized spacial score (nSPS) is 23.2. The van der Waals surface area contributed by atoms with Gasteiger partial charge in [-0.15, -0.1) is 11.3 Å². The molecule has 1 amide bonds. The molecule has 31 heavy (non-hydrogen) atoms. The van der Waals surface area contributed by atoms with E-state index in [-0.39, 0.29) is 5.91 Å². The lowest BCUT2D eigenvalue weighted by atomic mass is 9.88. The Balaban J connectivity index is 1.40. The molecule has 2 aromatic heterocycles. The second kappa shape index (κ2) is 10.3. The largest absolute Gasteiger partial charge is 0.459 e. The molecule has 2 aliphatic rings. The molecule has 0 aromatic carbocycles. The fourth-order valence-corrected chi connectivity index (χ4v) is 5.65. The van der Waals surface area contributed by atoms with Crippen molar-refractivity contribution in [2.45, 2.75) is 25.8 Å². The molecule has 0 saturated carbocycles. The van der Waals surface area contributed by atoms with E-state index in [9.17, 15) is 4.79 Å². The topological polar surface area (TPSA) is 64.3 Å². The molecule has 0 bridgehead atoms. The molecule has 2 saturated heterocycles. The van der Waals surface area contributed by atoms with Crippen molar-refractivity contribution in [1.29, 1.82) is 0 Å². The van der Waals surface area contributed by atoms with E-state index in [2.05, 4.69) is 46.6 Å². The van der Waals surface area contributed by atoms with Gasteiger partial charge in [0.25, 0.3) is 5.91 Å². The van der Waals surface area contributed by atoms with E-state index < -0.39 is 0 Å². The van der Waals surface area contributed by atoms with Gasteiger partial charge in [-0.1, -0.05) is 6.07 Å². The molecule has 0 radical (unpaired) electrons. The van der Waals surface area contributed by atoms with Crippen LogP contribution >= 0.6 is 11.3 Å². The van der Waals surface area contributed by atoms with Gasteiger partial charge in [0.1, 0.15) is 0 Å². The molecule has 7 nitrogen and oxygen atoms in total. The van der Waals surface area contributed by atoms with Crippen molar-refractivity contribution in [2.24, 2.45) is 10.9 Å². The lowest BCUT2D eigenvalue weighted by Gasteiger charge is -2.39. The zero-order valence-corrected chi connectivity index (χ0v) is 19.3. The molecule has 2 aromatic rings. The predicted molar refractivity (Wildman–Crippen MR) is 125 cm³/mol. The number of hydrogen-bond acceptors (Lipinski definition) is 5. The first-order chi connectivity index (χ1) is 15.2. The van der Waals surface area contributed by atoms with Crippen LogP contribution in [0.5, 0.6) is 0 Å². The number of rotatable bonds is 5. The first kappa shape index (κ1) is 21.9. The Kier molecular flexibility index (Phi) is 7.29. The minimum Gasteiger partial charge on any atom is -0.459 e. The monoisotopic (exact) mass is 443 g/mol. The van der Waals surface area contributed by atoms with E-state index in [0.717, 1.165) is 38.7 Å². The van der Waals surface area contributed by atoms with Crippen LogP contribution in [-0.2, 0) is 0 Å². The summed E-state index contributed by atoms with van der Waals surface area (Å²) in [6, 6.07) is 8.34. The number of nitrogens with zero attached hydrogens (tertiary/aromatic N) is 4. The zero-order valence-electron chi connectivity index (χ0n) is 18.5. The molecule has 2 fully saturated rings. The summed E-state index contributed by atoms with van der Waals surface area (Å²) in [5, 5.41) is 5.64. The zero-order chi connectivity index (χ0) is 21.6. The van der Waals surface area contributed by atoms with Crippen molar-refractivity contribution < 1.29 is 9.21 Å². The van der Waals surface area contributed by atoms with E-state index in [1.54, 1.807) is 18.4 Å². The van der Waals surface area contributed by atoms with Gasteiger partial charge in [-0.05, 0) is 62.9 Å². The second-order valence-corrected chi connectivity index (χ2v) is 9.27. The minimum atomic E-state index is -0.0318. The molecule has 0 spiro atoms. The molecule has 1 N–H and O–H groups in total. The number of amides is 1. The molecular formula is C23H33N5O2S. The lowest BCUT2D eigenvalue weighted by molar-refractivity contribution is 0.0657. The van der Waals surface area contributed by atoms with Gasteiger partial charge in [0, 0.05) is 50.2 Å². The van der Waals surface area contributed by atoms with Gasteiger partial charge in [-0.2, -0.15) is 0 Å². The van der Waals surface area contributed by atoms with E-state index in [0.29, 0.717) is 30.8 Å². The summed E-state index contributed by atoms with van der Waals surface area (Å²) in [6.07, 6.45) is 3.98. The van der Waals surface area contributed by atoms with Gasteiger partial charge in [0.15, 0.2) is 11.7 Å². The molecule has 168 valence electrons. The number of furan rings is 1. The second-order valence-electron chi connectivity index (χ2n) is 8.29. The van der Waals surface area contributed by atoms with E-state index in [1.807, 2.05) is 16.2 Å². The number of thiophene rings is 1. The summed E-state index contributed by atoms with van der Waals surface area (Å²) < 4.78 is 5.27. The fraction of sp³-hybridized carbons (Fsp3) is 0.565. The first-order valence-corrected chi connectivity index (χ1v) is 12.1. The number of nitrogens with one attached hydrogen (secondary N) is 1. The van der Waals surface area contributed by atoms with Crippen molar-refractivity contribution in [3.05, 3.63) is 46.5 Å². The highest BCUT2D eigenvalue weighted by molar-refractivity contribution is 7.10. The number of carbonyl (C=O) groups excluding carboxylic acids is 1. The maximum atomic E-state index is 12.5. The molecule has 2 atom stereocenters. The summed E-state index contributed by atoms with van der Waals surface area (Å²) in [7, 11) is 2.24. The van der Waals surface area contributed by atoms with Crippen LogP contribution in [-0.4, -0.2) is 79.4 Å². The van der Waals surface area contributed by atoms with Crippen LogP contribution in [0.3, 0.4) is 0 Å². The van der Waals surface area contributed by atoms with Crippen LogP contribution in [0.1, 0.15) is 41.2 Å². The van der Waals surface area contributed by atoms with Crippen molar-refractivity contribution in [2.75, 3.05) is 52.9 Å². The van der Waals surface area contributed by atoms with Gasteiger partial charge in [0.05, 0.1) is 6.26 Å².